The van der Waals surface area contributed by atoms with Crippen LogP contribution in [-0.2, 0) is 0 Å². The Balaban J connectivity index is 1.42. The first-order valence-electron chi connectivity index (χ1n) is 11.2. The highest BCUT2D eigenvalue weighted by Crippen LogP contribution is 2.34. The second-order valence-corrected chi connectivity index (χ2v) is 10.4. The Kier molecular flexibility index (Phi) is 5.66. The third-order valence-corrected chi connectivity index (χ3v) is 7.90. The summed E-state index contributed by atoms with van der Waals surface area (Å²) < 4.78 is 1.90. The van der Waals surface area contributed by atoms with E-state index in [1.807, 2.05) is 16.3 Å². The van der Waals surface area contributed by atoms with Crippen LogP contribution in [0.25, 0.3) is 5.65 Å². The van der Waals surface area contributed by atoms with Crippen LogP contribution in [-0.4, -0.2) is 73.7 Å². The summed E-state index contributed by atoms with van der Waals surface area (Å²) in [5.74, 6) is 1.96. The molecule has 4 N–H and O–H groups in total. The number of anilines is 1. The van der Waals surface area contributed by atoms with Crippen LogP contribution in [0.5, 0.6) is 0 Å². The highest BCUT2D eigenvalue weighted by molar-refractivity contribution is 8.00. The van der Waals surface area contributed by atoms with Gasteiger partial charge in [0.1, 0.15) is 12.0 Å². The molecule has 2 aromatic heterocycles. The number of nitrogens with two attached hydrogens (primary N) is 1. The van der Waals surface area contributed by atoms with Crippen LogP contribution in [0, 0.1) is 6.92 Å². The van der Waals surface area contributed by atoms with E-state index in [4.69, 9.17) is 15.8 Å². The predicted octanol–water partition coefficient (Wildman–Crippen LogP) is 1.47. The molecule has 2 aromatic rings. The molecule has 5 atom stereocenters. The van der Waals surface area contributed by atoms with E-state index in [0.717, 1.165) is 73.8 Å². The molecule has 164 valence electrons. The van der Waals surface area contributed by atoms with Gasteiger partial charge in [-0.15, -0.1) is 11.8 Å². The van der Waals surface area contributed by atoms with Gasteiger partial charge in [-0.3, -0.25) is 10.2 Å². The molecule has 3 aliphatic heterocycles. The topological polar surface area (TPSA) is 94.9 Å². The van der Waals surface area contributed by atoms with Crippen LogP contribution < -0.4 is 16.0 Å². The zero-order chi connectivity index (χ0) is 20.8. The normalized spacial score (nSPS) is 31.7. The van der Waals surface area contributed by atoms with Crippen molar-refractivity contribution >= 4 is 23.2 Å². The second-order valence-electron chi connectivity index (χ2n) is 9.03. The van der Waals surface area contributed by atoms with Crippen LogP contribution in [0.1, 0.15) is 49.9 Å². The minimum absolute atomic E-state index is 0.106. The number of likely N-dealkylation sites (tertiary alicyclic amines) is 1. The molecular weight excluding hydrogens is 398 g/mol. The maximum absolute atomic E-state index is 11.1. The van der Waals surface area contributed by atoms with E-state index >= 15 is 0 Å². The van der Waals surface area contributed by atoms with Gasteiger partial charge in [-0.25, -0.2) is 9.50 Å². The van der Waals surface area contributed by atoms with Crippen molar-refractivity contribution in [2.75, 3.05) is 30.3 Å². The first kappa shape index (κ1) is 20.5. The number of nitrogens with one attached hydrogen (secondary N) is 1. The van der Waals surface area contributed by atoms with Crippen LogP contribution in [0.4, 0.5) is 5.82 Å². The van der Waals surface area contributed by atoms with Gasteiger partial charge in [-0.05, 0) is 33.1 Å². The molecule has 3 fully saturated rings. The smallest absolute Gasteiger partial charge is 0.157 e. The van der Waals surface area contributed by atoms with E-state index in [9.17, 15) is 5.11 Å². The summed E-state index contributed by atoms with van der Waals surface area (Å²) in [6.45, 7) is 6.97. The fraction of sp³-hybridized carbons (Fsp3) is 0.714. The minimum Gasteiger partial charge on any atom is -0.377 e. The van der Waals surface area contributed by atoms with Gasteiger partial charge in [-0.2, -0.15) is 5.10 Å². The average molecular weight is 432 g/mol. The number of piperidine rings is 1. The molecule has 8 nitrogen and oxygen atoms in total. The molecule has 0 aliphatic carbocycles. The monoisotopic (exact) mass is 431 g/mol. The molecule has 5 unspecified atom stereocenters. The molecule has 9 heteroatoms. The van der Waals surface area contributed by atoms with Crippen molar-refractivity contribution in [1.82, 2.24) is 24.8 Å². The van der Waals surface area contributed by atoms with Crippen LogP contribution >= 0.6 is 11.8 Å². The van der Waals surface area contributed by atoms with E-state index in [1.165, 1.54) is 0 Å². The molecule has 0 radical (unpaired) electrons. The SMILES string of the molecule is Cc1cn2nc(C3CCCCN3C(O)C3CSC(C)N3)cc2nc1N1CCC(N)C1. The van der Waals surface area contributed by atoms with Crippen molar-refractivity contribution in [2.24, 2.45) is 5.73 Å². The fourth-order valence-electron chi connectivity index (χ4n) is 5.12. The van der Waals surface area contributed by atoms with Gasteiger partial charge >= 0.3 is 0 Å². The van der Waals surface area contributed by atoms with Gasteiger partial charge in [0.15, 0.2) is 5.65 Å². The number of aryl methyl sites for hydroxylation is 1. The molecule has 0 saturated carbocycles. The van der Waals surface area contributed by atoms with Crippen LogP contribution in [0.15, 0.2) is 12.3 Å². The van der Waals surface area contributed by atoms with Crippen molar-refractivity contribution < 1.29 is 5.11 Å². The molecule has 3 aliphatic rings. The number of hydrogen-bond acceptors (Lipinski definition) is 8. The van der Waals surface area contributed by atoms with Gasteiger partial charge in [-0.1, -0.05) is 6.42 Å². The second kappa shape index (κ2) is 8.27. The summed E-state index contributed by atoms with van der Waals surface area (Å²) in [7, 11) is 0. The van der Waals surface area contributed by atoms with Crippen molar-refractivity contribution in [1.29, 1.82) is 0 Å². The molecule has 30 heavy (non-hydrogen) atoms. The summed E-state index contributed by atoms with van der Waals surface area (Å²) in [6.07, 6.45) is 5.89. The van der Waals surface area contributed by atoms with E-state index in [0.29, 0.717) is 5.37 Å². The number of thioether (sulfide) groups is 1. The van der Waals surface area contributed by atoms with Gasteiger partial charge in [0.05, 0.1) is 23.2 Å². The quantitative estimate of drug-likeness (QED) is 0.670. The lowest BCUT2D eigenvalue weighted by Crippen LogP contribution is -2.52. The number of aliphatic hydroxyl groups is 1. The Morgan fingerprint density at radius 3 is 2.90 bits per heavy atom. The predicted molar refractivity (Wildman–Crippen MR) is 121 cm³/mol. The Bertz CT molecular complexity index is 905. The lowest BCUT2D eigenvalue weighted by molar-refractivity contribution is -0.0591. The summed E-state index contributed by atoms with van der Waals surface area (Å²) in [6, 6.07) is 2.56. The molecule has 5 heterocycles. The highest BCUT2D eigenvalue weighted by Gasteiger charge is 2.37. The number of aromatic nitrogens is 3. The molecular formula is C21H33N7OS. The zero-order valence-corrected chi connectivity index (χ0v) is 18.7. The number of hydrogen-bond donors (Lipinski definition) is 3. The largest absolute Gasteiger partial charge is 0.377 e. The van der Waals surface area contributed by atoms with Gasteiger partial charge in [0.2, 0.25) is 0 Å². The van der Waals surface area contributed by atoms with E-state index < -0.39 is 6.23 Å². The van der Waals surface area contributed by atoms with E-state index in [1.54, 1.807) is 0 Å². The van der Waals surface area contributed by atoms with Gasteiger partial charge in [0.25, 0.3) is 0 Å². The maximum atomic E-state index is 11.1. The van der Waals surface area contributed by atoms with Crippen molar-refractivity contribution in [2.45, 2.75) is 69.3 Å². The Labute approximate surface area is 182 Å². The van der Waals surface area contributed by atoms with Crippen LogP contribution in [0.3, 0.4) is 0 Å². The zero-order valence-electron chi connectivity index (χ0n) is 17.9. The Morgan fingerprint density at radius 2 is 2.17 bits per heavy atom. The number of nitrogens with zero attached hydrogens (tertiary/aromatic N) is 5. The molecule has 3 saturated heterocycles. The molecule has 5 rings (SSSR count). The van der Waals surface area contributed by atoms with E-state index in [-0.39, 0.29) is 18.1 Å². The minimum atomic E-state index is -0.492. The lowest BCUT2D eigenvalue weighted by Gasteiger charge is -2.40. The summed E-state index contributed by atoms with van der Waals surface area (Å²) in [4.78, 5) is 9.47. The Hall–Kier alpha value is -1.39. The molecule has 0 bridgehead atoms. The van der Waals surface area contributed by atoms with Crippen molar-refractivity contribution in [3.8, 4) is 0 Å². The van der Waals surface area contributed by atoms with Gasteiger partial charge < -0.3 is 15.7 Å². The van der Waals surface area contributed by atoms with Gasteiger partial charge in [0, 0.05) is 49.3 Å². The third-order valence-electron chi connectivity index (χ3n) is 6.71. The third kappa shape index (κ3) is 3.82. The van der Waals surface area contributed by atoms with Crippen molar-refractivity contribution in [3.63, 3.8) is 0 Å². The van der Waals surface area contributed by atoms with Crippen molar-refractivity contribution in [3.05, 3.63) is 23.5 Å². The average Bonchev–Trinajstić information content (AvgIpc) is 3.46. The fourth-order valence-corrected chi connectivity index (χ4v) is 6.15. The lowest BCUT2D eigenvalue weighted by atomic mass is 9.98. The molecule has 0 aromatic carbocycles. The standard InChI is InChI=1S/C21H33N7OS/c1-13-10-28-19(24-20(13)26-8-6-15(22)11-26)9-16(25-28)18-5-3-4-7-27(18)21(29)17-12-30-14(2)23-17/h9-10,14-15,17-18,21,23,29H,3-8,11-12,22H2,1-2H3. The summed E-state index contributed by atoms with van der Waals surface area (Å²) in [5.41, 5.74) is 9.10. The number of fused-ring (bicyclic) bond motifs is 1. The maximum Gasteiger partial charge on any atom is 0.157 e. The molecule has 0 spiro atoms. The summed E-state index contributed by atoms with van der Waals surface area (Å²) >= 11 is 1.87. The number of aliphatic hydroxyl groups excluding tert-OH is 1. The first-order valence-corrected chi connectivity index (χ1v) is 12.2. The van der Waals surface area contributed by atoms with E-state index in [2.05, 4.69) is 41.2 Å². The number of rotatable bonds is 4. The Morgan fingerprint density at radius 1 is 1.30 bits per heavy atom. The molecule has 0 amide bonds. The highest BCUT2D eigenvalue weighted by atomic mass is 32.2. The first-order chi connectivity index (χ1) is 14.5. The van der Waals surface area contributed by atoms with Crippen LogP contribution in [0.2, 0.25) is 0 Å². The summed E-state index contributed by atoms with van der Waals surface area (Å²) in [5, 5.41) is 19.9.